The van der Waals surface area contributed by atoms with Crippen LogP contribution in [0.2, 0.25) is 0 Å². The van der Waals surface area contributed by atoms with Crippen molar-refractivity contribution in [2.24, 2.45) is 0 Å². The third kappa shape index (κ3) is 2.99. The van der Waals surface area contributed by atoms with Crippen molar-refractivity contribution in [2.75, 3.05) is 13.1 Å². The predicted octanol–water partition coefficient (Wildman–Crippen LogP) is 3.48. The smallest absolute Gasteiger partial charge is 0.243 e. The molecule has 0 spiro atoms. The normalized spacial score (nSPS) is 15.6. The number of sulfonamides is 1. The highest BCUT2D eigenvalue weighted by Gasteiger charge is 2.29. The van der Waals surface area contributed by atoms with E-state index in [1.807, 2.05) is 0 Å². The van der Waals surface area contributed by atoms with E-state index in [0.29, 0.717) is 24.2 Å². The fourth-order valence-electron chi connectivity index (χ4n) is 2.97. The van der Waals surface area contributed by atoms with E-state index >= 15 is 0 Å². The molecular formula is C18H18FNO3S. The lowest BCUT2D eigenvalue weighted by Crippen LogP contribution is -2.28. The van der Waals surface area contributed by atoms with Gasteiger partial charge >= 0.3 is 0 Å². The summed E-state index contributed by atoms with van der Waals surface area (Å²) in [6, 6.07) is 10.8. The molecule has 1 heterocycles. The van der Waals surface area contributed by atoms with Crippen LogP contribution in [0.5, 0.6) is 0 Å². The molecule has 3 rings (SSSR count). The van der Waals surface area contributed by atoms with Gasteiger partial charge in [0.1, 0.15) is 5.82 Å². The van der Waals surface area contributed by atoms with Crippen LogP contribution >= 0.6 is 0 Å². The molecule has 4 nitrogen and oxygen atoms in total. The number of hydrogen-bond acceptors (Lipinski definition) is 3. The van der Waals surface area contributed by atoms with Crippen molar-refractivity contribution in [1.82, 2.24) is 4.31 Å². The zero-order valence-electron chi connectivity index (χ0n) is 13.3. The molecule has 6 heteroatoms. The molecule has 1 aliphatic rings. The van der Waals surface area contributed by atoms with Gasteiger partial charge in [0.15, 0.2) is 5.78 Å². The summed E-state index contributed by atoms with van der Waals surface area (Å²) in [5.74, 6) is -1.01. The summed E-state index contributed by atoms with van der Waals surface area (Å²) in [5.41, 5.74) is 0.882. The molecule has 0 aromatic heterocycles. The highest BCUT2D eigenvalue weighted by atomic mass is 32.2. The Bertz CT molecular complexity index is 887. The average molecular weight is 347 g/mol. The fraction of sp³-hybridized carbons (Fsp3) is 0.278. The maximum atomic E-state index is 14.1. The number of carbonyl (C=O) groups excluding carboxylic acids is 1. The summed E-state index contributed by atoms with van der Waals surface area (Å²) >= 11 is 0. The number of nitrogens with zero attached hydrogens (tertiary/aromatic N) is 1. The quantitative estimate of drug-likeness (QED) is 0.796. The van der Waals surface area contributed by atoms with Gasteiger partial charge in [-0.2, -0.15) is 4.31 Å². The van der Waals surface area contributed by atoms with E-state index in [1.165, 1.54) is 23.4 Å². The number of hydrogen-bond donors (Lipinski definition) is 0. The minimum atomic E-state index is -3.61. The first-order valence-electron chi connectivity index (χ1n) is 7.81. The molecule has 126 valence electrons. The number of benzene rings is 2. The van der Waals surface area contributed by atoms with Crippen LogP contribution in [0.15, 0.2) is 47.4 Å². The monoisotopic (exact) mass is 347 g/mol. The minimum Gasteiger partial charge on any atom is -0.294 e. The van der Waals surface area contributed by atoms with Gasteiger partial charge in [0.2, 0.25) is 10.0 Å². The lowest BCUT2D eigenvalue weighted by molar-refractivity contribution is 0.101. The summed E-state index contributed by atoms with van der Waals surface area (Å²) in [7, 11) is -3.61. The number of carbonyl (C=O) groups is 1. The molecule has 0 N–H and O–H groups in total. The van der Waals surface area contributed by atoms with Crippen molar-refractivity contribution in [1.29, 1.82) is 0 Å². The minimum absolute atomic E-state index is 0.00127. The molecule has 0 bridgehead atoms. The molecule has 0 radical (unpaired) electrons. The predicted molar refractivity (Wildman–Crippen MR) is 89.8 cm³/mol. The van der Waals surface area contributed by atoms with E-state index in [4.69, 9.17) is 0 Å². The Kier molecular flexibility index (Phi) is 4.51. The lowest BCUT2D eigenvalue weighted by atomic mass is 10.0. The second-order valence-corrected chi connectivity index (χ2v) is 7.76. The van der Waals surface area contributed by atoms with E-state index in [-0.39, 0.29) is 16.2 Å². The van der Waals surface area contributed by atoms with Crippen LogP contribution in [0.3, 0.4) is 0 Å². The Morgan fingerprint density at radius 3 is 2.38 bits per heavy atom. The number of Topliss-reactive ketones (excluding diaryl/α,β-unsaturated/α-hetero) is 1. The first-order chi connectivity index (χ1) is 11.4. The SMILES string of the molecule is CC(=O)c1ccc(-c2ccccc2S(=O)(=O)N2CCCC2)cc1F. The van der Waals surface area contributed by atoms with Crippen LogP contribution in [0.4, 0.5) is 4.39 Å². The van der Waals surface area contributed by atoms with Gasteiger partial charge < -0.3 is 0 Å². The van der Waals surface area contributed by atoms with Gasteiger partial charge in [0, 0.05) is 18.7 Å². The van der Waals surface area contributed by atoms with Gasteiger partial charge in [-0.3, -0.25) is 4.79 Å². The molecule has 2 aromatic carbocycles. The lowest BCUT2D eigenvalue weighted by Gasteiger charge is -2.18. The Morgan fingerprint density at radius 2 is 1.75 bits per heavy atom. The van der Waals surface area contributed by atoms with Gasteiger partial charge in [-0.15, -0.1) is 0 Å². The molecule has 0 amide bonds. The average Bonchev–Trinajstić information content (AvgIpc) is 3.09. The maximum absolute atomic E-state index is 14.1. The van der Waals surface area contributed by atoms with E-state index in [2.05, 4.69) is 0 Å². The van der Waals surface area contributed by atoms with E-state index in [9.17, 15) is 17.6 Å². The standard InChI is InChI=1S/C18H18FNO3S/c1-13(21)15-9-8-14(12-17(15)19)16-6-2-3-7-18(16)24(22,23)20-10-4-5-11-20/h2-3,6-9,12H,4-5,10-11H2,1H3. The van der Waals surface area contributed by atoms with Gasteiger partial charge in [-0.1, -0.05) is 24.3 Å². The van der Waals surface area contributed by atoms with Gasteiger partial charge in [0.25, 0.3) is 0 Å². The van der Waals surface area contributed by atoms with E-state index in [0.717, 1.165) is 12.8 Å². The summed E-state index contributed by atoms with van der Waals surface area (Å²) in [5, 5.41) is 0. The van der Waals surface area contributed by atoms with Crippen molar-refractivity contribution in [3.8, 4) is 11.1 Å². The van der Waals surface area contributed by atoms with Crippen molar-refractivity contribution >= 4 is 15.8 Å². The molecule has 2 aromatic rings. The second-order valence-electron chi connectivity index (χ2n) is 5.86. The molecule has 1 fully saturated rings. The summed E-state index contributed by atoms with van der Waals surface area (Å²) in [6.07, 6.45) is 1.70. The first kappa shape index (κ1) is 16.8. The Hall–Kier alpha value is -2.05. The molecule has 1 aliphatic heterocycles. The van der Waals surface area contributed by atoms with Crippen LogP contribution in [-0.2, 0) is 10.0 Å². The third-order valence-electron chi connectivity index (χ3n) is 4.23. The van der Waals surface area contributed by atoms with Crippen molar-refractivity contribution < 1.29 is 17.6 Å². The highest BCUT2D eigenvalue weighted by Crippen LogP contribution is 2.31. The number of ketones is 1. The molecule has 0 aliphatic carbocycles. The van der Waals surface area contributed by atoms with Crippen molar-refractivity contribution in [2.45, 2.75) is 24.7 Å². The van der Waals surface area contributed by atoms with E-state index < -0.39 is 15.8 Å². The molecule has 24 heavy (non-hydrogen) atoms. The summed E-state index contributed by atoms with van der Waals surface area (Å²) in [4.78, 5) is 11.5. The Balaban J connectivity index is 2.10. The molecular weight excluding hydrogens is 329 g/mol. The molecule has 0 saturated carbocycles. The Labute approximate surface area is 141 Å². The fourth-order valence-corrected chi connectivity index (χ4v) is 4.70. The van der Waals surface area contributed by atoms with Crippen molar-refractivity contribution in [3.05, 3.63) is 53.8 Å². The van der Waals surface area contributed by atoms with Gasteiger partial charge in [-0.25, -0.2) is 12.8 Å². The topological polar surface area (TPSA) is 54.5 Å². The molecule has 0 unspecified atom stereocenters. The first-order valence-corrected chi connectivity index (χ1v) is 9.25. The molecule has 0 atom stereocenters. The maximum Gasteiger partial charge on any atom is 0.243 e. The van der Waals surface area contributed by atoms with Crippen LogP contribution in [0.25, 0.3) is 11.1 Å². The van der Waals surface area contributed by atoms with Crippen LogP contribution < -0.4 is 0 Å². The third-order valence-corrected chi connectivity index (χ3v) is 6.19. The second kappa shape index (κ2) is 6.45. The van der Waals surface area contributed by atoms with Crippen LogP contribution in [0, 0.1) is 5.82 Å². The van der Waals surface area contributed by atoms with Crippen LogP contribution in [0.1, 0.15) is 30.1 Å². The zero-order chi connectivity index (χ0) is 17.3. The Morgan fingerprint density at radius 1 is 1.08 bits per heavy atom. The van der Waals surface area contributed by atoms with E-state index in [1.54, 1.807) is 30.3 Å². The zero-order valence-corrected chi connectivity index (χ0v) is 14.1. The summed E-state index contributed by atoms with van der Waals surface area (Å²) in [6.45, 7) is 2.31. The summed E-state index contributed by atoms with van der Waals surface area (Å²) < 4.78 is 41.3. The largest absolute Gasteiger partial charge is 0.294 e. The highest BCUT2D eigenvalue weighted by molar-refractivity contribution is 7.89. The number of rotatable bonds is 4. The number of halogens is 1. The van der Waals surface area contributed by atoms with Gasteiger partial charge in [-0.05, 0) is 43.5 Å². The van der Waals surface area contributed by atoms with Crippen LogP contribution in [-0.4, -0.2) is 31.6 Å². The molecule has 1 saturated heterocycles. The van der Waals surface area contributed by atoms with Gasteiger partial charge in [0.05, 0.1) is 10.5 Å². The van der Waals surface area contributed by atoms with Crippen molar-refractivity contribution in [3.63, 3.8) is 0 Å².